The van der Waals surface area contributed by atoms with Gasteiger partial charge < -0.3 is 10.7 Å². The van der Waals surface area contributed by atoms with E-state index in [0.717, 1.165) is 11.3 Å². The van der Waals surface area contributed by atoms with Gasteiger partial charge in [0.25, 0.3) is 0 Å². The zero-order valence-corrected chi connectivity index (χ0v) is 14.6. The molecule has 0 amide bonds. The van der Waals surface area contributed by atoms with Crippen LogP contribution >= 0.6 is 0 Å². The molecule has 0 aliphatic rings. The van der Waals surface area contributed by atoms with Gasteiger partial charge in [0.15, 0.2) is 11.6 Å². The molecule has 3 aromatic heterocycles. The molecule has 0 atom stereocenters. The van der Waals surface area contributed by atoms with Crippen molar-refractivity contribution in [2.75, 3.05) is 5.73 Å². The zero-order chi connectivity index (χ0) is 18.2. The average molecular weight is 335 g/mol. The Morgan fingerprint density at radius 3 is 2.88 bits per heavy atom. The predicted octanol–water partition coefficient (Wildman–Crippen LogP) is 3.89. The van der Waals surface area contributed by atoms with Crippen LogP contribution in [0.3, 0.4) is 0 Å². The number of allylic oxidation sites excluding steroid dienone is 1. The number of nitrogens with two attached hydrogens (primary N) is 1. The maximum absolute atomic E-state index is 12.4. The molecule has 0 aliphatic heterocycles. The quantitative estimate of drug-likeness (QED) is 0.560. The molecule has 0 unspecified atom stereocenters. The number of hydrogen-bond donors (Lipinski definition) is 2. The molecule has 3 N–H and O–H groups in total. The number of hydrogen-bond acceptors (Lipinski definition) is 4. The smallest absolute Gasteiger partial charge is 0.171 e. The van der Waals surface area contributed by atoms with Crippen molar-refractivity contribution in [1.29, 1.82) is 0 Å². The van der Waals surface area contributed by atoms with Crippen molar-refractivity contribution in [1.82, 2.24) is 14.4 Å². The number of rotatable bonds is 4. The summed E-state index contributed by atoms with van der Waals surface area (Å²) in [4.78, 5) is 24.0. The largest absolute Gasteiger partial charge is 0.395 e. The summed E-state index contributed by atoms with van der Waals surface area (Å²) < 4.78 is 1.93. The number of fused-ring (bicyclic) bond motifs is 1. The van der Waals surface area contributed by atoms with E-state index in [4.69, 9.17) is 5.73 Å². The number of aliphatic imine (C=N–C) groups is 1. The third-order valence-electron chi connectivity index (χ3n) is 3.92. The van der Waals surface area contributed by atoms with Crippen molar-refractivity contribution in [2.45, 2.75) is 20.8 Å². The first-order chi connectivity index (χ1) is 11.8. The molecule has 6 heteroatoms. The monoisotopic (exact) mass is 335 g/mol. The third kappa shape index (κ3) is 3.10. The second kappa shape index (κ2) is 6.05. The fourth-order valence-corrected chi connectivity index (χ4v) is 2.50. The highest BCUT2D eigenvalue weighted by Gasteiger charge is 2.26. The topological polar surface area (TPSA) is 88.5 Å². The number of Topliss-reactive ketones (excluding diaryl/α,β-unsaturated/α-hetero) is 1. The third-order valence-corrected chi connectivity index (χ3v) is 3.92. The number of nitrogen functional groups attached to an aromatic ring is 1. The number of aromatic amines is 1. The van der Waals surface area contributed by atoms with Gasteiger partial charge in [-0.3, -0.25) is 9.20 Å². The van der Waals surface area contributed by atoms with Crippen molar-refractivity contribution in [3.63, 3.8) is 0 Å². The molecular formula is C19H21N5O. The van der Waals surface area contributed by atoms with E-state index in [-0.39, 0.29) is 5.78 Å². The zero-order valence-electron chi connectivity index (χ0n) is 14.6. The van der Waals surface area contributed by atoms with E-state index in [9.17, 15) is 4.79 Å². The molecule has 6 nitrogen and oxygen atoms in total. The van der Waals surface area contributed by atoms with Crippen molar-refractivity contribution in [3.05, 3.63) is 54.6 Å². The van der Waals surface area contributed by atoms with E-state index in [2.05, 4.69) is 21.5 Å². The molecule has 0 saturated carbocycles. The summed E-state index contributed by atoms with van der Waals surface area (Å²) in [5, 5.41) is 0. The molecule has 128 valence electrons. The van der Waals surface area contributed by atoms with Gasteiger partial charge in [-0.1, -0.05) is 33.4 Å². The van der Waals surface area contributed by atoms with Gasteiger partial charge in [0.1, 0.15) is 5.65 Å². The average Bonchev–Trinajstić information content (AvgIpc) is 3.15. The number of imidazole rings is 1. The molecule has 0 aromatic carbocycles. The van der Waals surface area contributed by atoms with E-state index in [0.29, 0.717) is 22.6 Å². The molecule has 25 heavy (non-hydrogen) atoms. The maximum Gasteiger partial charge on any atom is 0.171 e. The first-order valence-electron chi connectivity index (χ1n) is 7.96. The molecule has 3 rings (SSSR count). The highest BCUT2D eigenvalue weighted by molar-refractivity contribution is 6.10. The minimum atomic E-state index is -0.503. The summed E-state index contributed by atoms with van der Waals surface area (Å²) in [6.45, 7) is 9.62. The number of carbonyl (C=O) groups excluding carboxylic acids is 1. The van der Waals surface area contributed by atoms with Crippen LogP contribution in [0.4, 0.5) is 11.5 Å². The summed E-state index contributed by atoms with van der Waals surface area (Å²) in [6.07, 6.45) is 6.88. The Labute approximate surface area is 146 Å². The Hall–Kier alpha value is -3.15. The van der Waals surface area contributed by atoms with Crippen LogP contribution in [0.2, 0.25) is 0 Å². The van der Waals surface area contributed by atoms with Crippen LogP contribution in [-0.2, 0) is 0 Å². The molecule has 0 radical (unpaired) electrons. The van der Waals surface area contributed by atoms with Crippen LogP contribution in [0.1, 0.15) is 36.8 Å². The Morgan fingerprint density at radius 1 is 1.40 bits per heavy atom. The number of nitrogens with zero attached hydrogens (tertiary/aromatic N) is 3. The Balaban J connectivity index is 1.86. The number of H-pyrrole nitrogens is 1. The van der Waals surface area contributed by atoms with Crippen molar-refractivity contribution in [2.24, 2.45) is 10.4 Å². The van der Waals surface area contributed by atoms with Crippen molar-refractivity contribution >= 4 is 34.7 Å². The maximum atomic E-state index is 12.4. The van der Waals surface area contributed by atoms with Crippen molar-refractivity contribution < 1.29 is 4.79 Å². The van der Waals surface area contributed by atoms with Gasteiger partial charge in [0.05, 0.1) is 23.1 Å². The lowest BCUT2D eigenvalue weighted by Crippen LogP contribution is -2.20. The molecule has 0 fully saturated rings. The number of nitrogens with one attached hydrogen (secondary N) is 1. The van der Waals surface area contributed by atoms with Crippen LogP contribution in [0.25, 0.3) is 11.2 Å². The van der Waals surface area contributed by atoms with Crippen LogP contribution in [0, 0.1) is 5.41 Å². The number of pyridine rings is 1. The summed E-state index contributed by atoms with van der Waals surface area (Å²) in [5.74, 6) is 0.422. The lowest BCUT2D eigenvalue weighted by molar-refractivity contribution is 0.0859. The number of carbonyl (C=O) groups is 1. The van der Waals surface area contributed by atoms with Gasteiger partial charge in [0, 0.05) is 29.6 Å². The summed E-state index contributed by atoms with van der Waals surface area (Å²) in [6, 6.07) is 5.77. The van der Waals surface area contributed by atoms with E-state index < -0.39 is 5.41 Å². The first kappa shape index (κ1) is 16.7. The van der Waals surface area contributed by atoms with Gasteiger partial charge in [0.2, 0.25) is 0 Å². The second-order valence-corrected chi connectivity index (χ2v) is 6.90. The number of aromatic nitrogens is 3. The second-order valence-electron chi connectivity index (χ2n) is 6.90. The van der Waals surface area contributed by atoms with Gasteiger partial charge in [-0.25, -0.2) is 9.98 Å². The van der Waals surface area contributed by atoms with Gasteiger partial charge in [-0.15, -0.1) is 0 Å². The lowest BCUT2D eigenvalue weighted by Gasteiger charge is -2.15. The van der Waals surface area contributed by atoms with Crippen molar-refractivity contribution in [3.8, 4) is 0 Å². The SMILES string of the molecule is C=C(C=Nc1[nH]cc(C(=O)C(C)(C)C)c1N)c1cnc2ccccn12. The van der Waals surface area contributed by atoms with Crippen LogP contribution in [0.15, 0.2) is 48.4 Å². The molecule has 3 aromatic rings. The predicted molar refractivity (Wildman–Crippen MR) is 101 cm³/mol. The van der Waals surface area contributed by atoms with E-state index in [1.54, 1.807) is 18.6 Å². The molecular weight excluding hydrogens is 314 g/mol. The molecule has 0 bridgehead atoms. The fourth-order valence-electron chi connectivity index (χ4n) is 2.50. The Bertz CT molecular complexity index is 985. The molecule has 3 heterocycles. The minimum Gasteiger partial charge on any atom is -0.395 e. The molecule has 0 aliphatic carbocycles. The molecule has 0 saturated heterocycles. The number of anilines is 1. The van der Waals surface area contributed by atoms with Crippen LogP contribution in [-0.4, -0.2) is 26.4 Å². The van der Waals surface area contributed by atoms with E-state index >= 15 is 0 Å². The first-order valence-corrected chi connectivity index (χ1v) is 7.96. The minimum absolute atomic E-state index is 0.0247. The lowest BCUT2D eigenvalue weighted by atomic mass is 9.87. The van der Waals surface area contributed by atoms with Gasteiger partial charge >= 0.3 is 0 Å². The standard InChI is InChI=1S/C19H21N5O/c1-12(14-11-21-15-7-5-6-8-24(14)15)9-22-18-16(20)13(10-23-18)17(25)19(2,3)4/h5-11,23H,1,20H2,2-4H3. The normalized spacial score (nSPS) is 12.1. The highest BCUT2D eigenvalue weighted by atomic mass is 16.1. The van der Waals surface area contributed by atoms with Gasteiger partial charge in [-0.2, -0.15) is 0 Å². The Morgan fingerprint density at radius 2 is 2.16 bits per heavy atom. The fraction of sp³-hybridized carbons (Fsp3) is 0.211. The van der Waals surface area contributed by atoms with Gasteiger partial charge in [-0.05, 0) is 12.1 Å². The molecule has 0 spiro atoms. The summed E-state index contributed by atoms with van der Waals surface area (Å²) in [5.41, 5.74) is 8.76. The van der Waals surface area contributed by atoms with Crippen LogP contribution in [0.5, 0.6) is 0 Å². The van der Waals surface area contributed by atoms with E-state index in [1.165, 1.54) is 0 Å². The van der Waals surface area contributed by atoms with E-state index in [1.807, 2.05) is 49.6 Å². The van der Waals surface area contributed by atoms with Crippen LogP contribution < -0.4 is 5.73 Å². The summed E-state index contributed by atoms with van der Waals surface area (Å²) >= 11 is 0. The number of ketones is 1. The summed E-state index contributed by atoms with van der Waals surface area (Å²) in [7, 11) is 0. The Kier molecular flexibility index (Phi) is 4.04. The highest BCUT2D eigenvalue weighted by Crippen LogP contribution is 2.30.